The molecule has 0 fully saturated rings. The number of hydrogen-bond donors (Lipinski definition) is 3. The van der Waals surface area contributed by atoms with Crippen molar-refractivity contribution in [1.82, 2.24) is 5.32 Å². The van der Waals surface area contributed by atoms with Crippen LogP contribution in [0.1, 0.15) is 0 Å². The van der Waals surface area contributed by atoms with Gasteiger partial charge in [0.25, 0.3) is 5.69 Å². The highest BCUT2D eigenvalue weighted by Gasteiger charge is 2.14. The fourth-order valence-corrected chi connectivity index (χ4v) is 1.82. The SMILES string of the molecule is NC(=O)NCCNc1c(Cl)cc([N+](=O)[O-])cc1Cl. The third-order valence-corrected chi connectivity index (χ3v) is 2.56. The first-order chi connectivity index (χ1) is 8.41. The second-order valence-corrected chi connectivity index (χ2v) is 4.07. The number of non-ortho nitro benzene ring substituents is 1. The highest BCUT2D eigenvalue weighted by atomic mass is 35.5. The molecule has 18 heavy (non-hydrogen) atoms. The van der Waals surface area contributed by atoms with Crippen LogP contribution in [0, 0.1) is 10.1 Å². The molecular formula is C9H10Cl2N4O3. The molecule has 98 valence electrons. The Morgan fingerprint density at radius 2 is 1.89 bits per heavy atom. The number of carbonyl (C=O) groups is 1. The van der Waals surface area contributed by atoms with Gasteiger partial charge in [0.1, 0.15) is 0 Å². The molecule has 0 radical (unpaired) electrons. The van der Waals surface area contributed by atoms with Crippen molar-refractivity contribution in [3.63, 3.8) is 0 Å². The number of amides is 2. The van der Waals surface area contributed by atoms with E-state index in [4.69, 9.17) is 28.9 Å². The third kappa shape index (κ3) is 3.94. The highest BCUT2D eigenvalue weighted by molar-refractivity contribution is 6.39. The maximum atomic E-state index is 10.6. The fourth-order valence-electron chi connectivity index (χ4n) is 1.21. The molecular weight excluding hydrogens is 283 g/mol. The number of benzene rings is 1. The minimum Gasteiger partial charge on any atom is -0.381 e. The zero-order chi connectivity index (χ0) is 13.7. The topological polar surface area (TPSA) is 110 Å². The summed E-state index contributed by atoms with van der Waals surface area (Å²) in [6, 6.07) is 1.74. The van der Waals surface area contributed by atoms with Gasteiger partial charge in [-0.3, -0.25) is 10.1 Å². The highest BCUT2D eigenvalue weighted by Crippen LogP contribution is 2.34. The van der Waals surface area contributed by atoms with Crippen LogP contribution < -0.4 is 16.4 Å². The smallest absolute Gasteiger partial charge is 0.312 e. The molecule has 7 nitrogen and oxygen atoms in total. The summed E-state index contributed by atoms with van der Waals surface area (Å²) >= 11 is 11.7. The molecule has 1 aromatic carbocycles. The molecule has 0 aromatic heterocycles. The summed E-state index contributed by atoms with van der Waals surface area (Å²) in [6.45, 7) is 0.610. The summed E-state index contributed by atoms with van der Waals surface area (Å²) in [6.07, 6.45) is 0. The van der Waals surface area contributed by atoms with Gasteiger partial charge in [0.2, 0.25) is 0 Å². The lowest BCUT2D eigenvalue weighted by Crippen LogP contribution is -2.33. The largest absolute Gasteiger partial charge is 0.381 e. The van der Waals surface area contributed by atoms with E-state index in [9.17, 15) is 14.9 Å². The van der Waals surface area contributed by atoms with Crippen LogP contribution in [0.2, 0.25) is 10.0 Å². The van der Waals surface area contributed by atoms with Crippen LogP contribution in [0.5, 0.6) is 0 Å². The molecule has 0 bridgehead atoms. The van der Waals surface area contributed by atoms with Crippen molar-refractivity contribution in [1.29, 1.82) is 0 Å². The standard InChI is InChI=1S/C9H10Cl2N4O3/c10-6-3-5(15(17)18)4-7(11)8(6)13-1-2-14-9(12)16/h3-4,13H,1-2H2,(H3,12,14,16). The van der Waals surface area contributed by atoms with Gasteiger partial charge in [-0.2, -0.15) is 0 Å². The van der Waals surface area contributed by atoms with Crippen LogP contribution in [-0.4, -0.2) is 24.0 Å². The van der Waals surface area contributed by atoms with Crippen LogP contribution in [-0.2, 0) is 0 Å². The number of nitro groups is 1. The van der Waals surface area contributed by atoms with Gasteiger partial charge in [-0.25, -0.2) is 4.79 Å². The summed E-state index contributed by atoms with van der Waals surface area (Å²) in [5.74, 6) is 0. The van der Waals surface area contributed by atoms with E-state index in [1.807, 2.05) is 0 Å². The van der Waals surface area contributed by atoms with Gasteiger partial charge >= 0.3 is 6.03 Å². The van der Waals surface area contributed by atoms with E-state index in [1.165, 1.54) is 12.1 Å². The monoisotopic (exact) mass is 292 g/mol. The molecule has 2 amide bonds. The van der Waals surface area contributed by atoms with Crippen molar-refractivity contribution in [3.8, 4) is 0 Å². The Bertz CT molecular complexity index is 458. The van der Waals surface area contributed by atoms with E-state index >= 15 is 0 Å². The van der Waals surface area contributed by atoms with Gasteiger partial charge in [0, 0.05) is 25.2 Å². The van der Waals surface area contributed by atoms with E-state index in [0.717, 1.165) is 0 Å². The Hall–Kier alpha value is -1.73. The zero-order valence-electron chi connectivity index (χ0n) is 9.07. The lowest BCUT2D eigenvalue weighted by Gasteiger charge is -2.10. The maximum absolute atomic E-state index is 10.6. The van der Waals surface area contributed by atoms with E-state index in [-0.39, 0.29) is 22.3 Å². The number of carbonyl (C=O) groups excluding carboxylic acids is 1. The molecule has 0 aliphatic heterocycles. The van der Waals surface area contributed by atoms with Gasteiger partial charge in [-0.1, -0.05) is 23.2 Å². The predicted molar refractivity (Wildman–Crippen MR) is 69.2 cm³/mol. The minimum atomic E-state index is -0.641. The maximum Gasteiger partial charge on any atom is 0.312 e. The van der Waals surface area contributed by atoms with E-state index < -0.39 is 11.0 Å². The third-order valence-electron chi connectivity index (χ3n) is 1.96. The summed E-state index contributed by atoms with van der Waals surface area (Å²) in [4.78, 5) is 20.4. The Morgan fingerprint density at radius 1 is 1.33 bits per heavy atom. The number of hydrogen-bond acceptors (Lipinski definition) is 4. The van der Waals surface area contributed by atoms with Crippen molar-refractivity contribution in [3.05, 3.63) is 32.3 Å². The molecule has 0 aliphatic rings. The minimum absolute atomic E-state index is 0.133. The van der Waals surface area contributed by atoms with Crippen LogP contribution in [0.3, 0.4) is 0 Å². The van der Waals surface area contributed by atoms with Crippen molar-refractivity contribution < 1.29 is 9.72 Å². The van der Waals surface area contributed by atoms with Crippen molar-refractivity contribution in [2.45, 2.75) is 0 Å². The molecule has 0 aliphatic carbocycles. The number of nitrogens with zero attached hydrogens (tertiary/aromatic N) is 1. The lowest BCUT2D eigenvalue weighted by atomic mass is 10.2. The van der Waals surface area contributed by atoms with Gasteiger partial charge in [-0.15, -0.1) is 0 Å². The first kappa shape index (κ1) is 14.3. The first-order valence-electron chi connectivity index (χ1n) is 4.82. The van der Waals surface area contributed by atoms with Gasteiger partial charge in [-0.05, 0) is 0 Å². The summed E-state index contributed by atoms with van der Waals surface area (Å²) in [5, 5.41) is 16.0. The number of primary amides is 1. The van der Waals surface area contributed by atoms with E-state index in [1.54, 1.807) is 0 Å². The molecule has 9 heteroatoms. The van der Waals surface area contributed by atoms with E-state index in [2.05, 4.69) is 10.6 Å². The number of nitrogens with one attached hydrogen (secondary N) is 2. The first-order valence-corrected chi connectivity index (χ1v) is 5.58. The molecule has 0 heterocycles. The predicted octanol–water partition coefficient (Wildman–Crippen LogP) is 1.98. The van der Waals surface area contributed by atoms with Crippen molar-refractivity contribution in [2.75, 3.05) is 18.4 Å². The average Bonchev–Trinajstić information content (AvgIpc) is 2.26. The molecule has 0 atom stereocenters. The Kier molecular flexibility index (Phi) is 4.99. The number of nitro benzene ring substituents is 1. The number of anilines is 1. The number of nitrogens with two attached hydrogens (primary N) is 1. The molecule has 0 saturated carbocycles. The van der Waals surface area contributed by atoms with Gasteiger partial charge in [0.15, 0.2) is 0 Å². The van der Waals surface area contributed by atoms with Crippen molar-refractivity contribution >= 4 is 40.6 Å². The second kappa shape index (κ2) is 6.27. The number of urea groups is 1. The normalized spacial score (nSPS) is 9.89. The summed E-state index contributed by atoms with van der Waals surface area (Å²) < 4.78 is 0. The zero-order valence-corrected chi connectivity index (χ0v) is 10.6. The Morgan fingerprint density at radius 3 is 2.33 bits per heavy atom. The molecule has 4 N–H and O–H groups in total. The van der Waals surface area contributed by atoms with Crippen molar-refractivity contribution in [2.24, 2.45) is 5.73 Å². The number of rotatable bonds is 5. The van der Waals surface area contributed by atoms with Gasteiger partial charge in [0.05, 0.1) is 20.7 Å². The molecule has 0 saturated heterocycles. The lowest BCUT2D eigenvalue weighted by molar-refractivity contribution is -0.384. The quantitative estimate of drug-likeness (QED) is 0.438. The molecule has 0 spiro atoms. The van der Waals surface area contributed by atoms with Crippen LogP contribution >= 0.6 is 23.2 Å². The molecule has 1 rings (SSSR count). The average molecular weight is 293 g/mol. The molecule has 1 aromatic rings. The van der Waals surface area contributed by atoms with E-state index in [0.29, 0.717) is 12.2 Å². The van der Waals surface area contributed by atoms with Crippen LogP contribution in [0.25, 0.3) is 0 Å². The fraction of sp³-hybridized carbons (Fsp3) is 0.222. The van der Waals surface area contributed by atoms with Gasteiger partial charge < -0.3 is 16.4 Å². The second-order valence-electron chi connectivity index (χ2n) is 3.26. The van der Waals surface area contributed by atoms with Crippen LogP contribution in [0.4, 0.5) is 16.2 Å². The summed E-state index contributed by atoms with van der Waals surface area (Å²) in [5.41, 5.74) is 5.06. The Balaban J connectivity index is 2.72. The summed E-state index contributed by atoms with van der Waals surface area (Å²) in [7, 11) is 0. The number of halogens is 2. The van der Waals surface area contributed by atoms with Crippen LogP contribution in [0.15, 0.2) is 12.1 Å². The Labute approximate surface area is 112 Å². The molecule has 0 unspecified atom stereocenters.